The van der Waals surface area contributed by atoms with Crippen LogP contribution in [-0.2, 0) is 6.54 Å². The summed E-state index contributed by atoms with van der Waals surface area (Å²) in [5.74, 6) is 0.879. The third-order valence-corrected chi connectivity index (χ3v) is 5.31. The summed E-state index contributed by atoms with van der Waals surface area (Å²) in [6.45, 7) is 11.6. The zero-order valence-corrected chi connectivity index (χ0v) is 16.8. The van der Waals surface area contributed by atoms with Crippen LogP contribution in [0.2, 0.25) is 0 Å². The van der Waals surface area contributed by atoms with Crippen molar-refractivity contribution >= 4 is 22.1 Å². The Kier molecular flexibility index (Phi) is 6.67. The fourth-order valence-corrected chi connectivity index (χ4v) is 3.70. The van der Waals surface area contributed by atoms with Gasteiger partial charge in [-0.15, -0.1) is 0 Å². The fourth-order valence-electron chi connectivity index (χ4n) is 3.70. The lowest BCUT2D eigenvalue weighted by Gasteiger charge is -2.18. The van der Waals surface area contributed by atoms with E-state index in [4.69, 9.17) is 0 Å². The van der Waals surface area contributed by atoms with E-state index in [2.05, 4.69) is 68.3 Å². The van der Waals surface area contributed by atoms with Crippen LogP contribution < -0.4 is 5.32 Å². The van der Waals surface area contributed by atoms with Crippen LogP contribution in [0.25, 0.3) is 33.3 Å². The molecule has 0 aliphatic heterocycles. The van der Waals surface area contributed by atoms with E-state index in [9.17, 15) is 0 Å². The van der Waals surface area contributed by atoms with Crippen LogP contribution in [0, 0.1) is 6.92 Å². The lowest BCUT2D eigenvalue weighted by atomic mass is 10.1. The molecule has 3 N–H and O–H groups in total. The number of fused-ring (bicyclic) bond motifs is 2. The molecule has 4 aromatic rings. The second-order valence-electron chi connectivity index (χ2n) is 7.19. The van der Waals surface area contributed by atoms with Crippen LogP contribution in [0.1, 0.15) is 32.7 Å². The molecule has 3 heterocycles. The molecule has 3 aromatic heterocycles. The lowest BCUT2D eigenvalue weighted by Crippen LogP contribution is -2.31. The van der Waals surface area contributed by atoms with Crippen molar-refractivity contribution in [1.82, 2.24) is 30.2 Å². The number of hydrogen-bond acceptors (Lipinski definition) is 4. The van der Waals surface area contributed by atoms with E-state index in [1.807, 2.05) is 19.2 Å². The van der Waals surface area contributed by atoms with Crippen molar-refractivity contribution in [2.24, 2.45) is 0 Å². The summed E-state index contributed by atoms with van der Waals surface area (Å²) < 4.78 is 0. The van der Waals surface area contributed by atoms with Gasteiger partial charge in [0.05, 0.1) is 5.52 Å². The van der Waals surface area contributed by atoms with Gasteiger partial charge >= 0.3 is 0 Å². The highest BCUT2D eigenvalue weighted by Gasteiger charge is 2.11. The maximum absolute atomic E-state index is 4.44. The molecular formula is C23H32N6. The Labute approximate surface area is 172 Å². The Morgan fingerprint density at radius 3 is 2.69 bits per heavy atom. The molecule has 4 rings (SSSR count). The predicted octanol–water partition coefficient (Wildman–Crippen LogP) is 4.48. The van der Waals surface area contributed by atoms with Crippen molar-refractivity contribution in [3.8, 4) is 11.3 Å². The molecule has 0 bridgehead atoms. The smallest absolute Gasteiger partial charge is 0.178 e. The van der Waals surface area contributed by atoms with E-state index in [1.54, 1.807) is 0 Å². The summed E-state index contributed by atoms with van der Waals surface area (Å²) in [5.41, 5.74) is 6.35. The number of H-pyrrole nitrogens is 2. The quantitative estimate of drug-likeness (QED) is 0.387. The van der Waals surface area contributed by atoms with Crippen molar-refractivity contribution in [1.29, 1.82) is 0 Å². The van der Waals surface area contributed by atoms with Crippen molar-refractivity contribution in [3.63, 3.8) is 0 Å². The monoisotopic (exact) mass is 392 g/mol. The summed E-state index contributed by atoms with van der Waals surface area (Å²) in [4.78, 5) is 18.1. The Morgan fingerprint density at radius 1 is 1.07 bits per heavy atom. The third-order valence-electron chi connectivity index (χ3n) is 5.31. The highest BCUT2D eigenvalue weighted by molar-refractivity contribution is 5.94. The summed E-state index contributed by atoms with van der Waals surface area (Å²) in [6.07, 6.45) is 1.81. The summed E-state index contributed by atoms with van der Waals surface area (Å²) in [7, 11) is 0. The number of nitrogens with one attached hydrogen (secondary N) is 3. The molecule has 0 aliphatic rings. The second-order valence-corrected chi connectivity index (χ2v) is 7.19. The number of likely N-dealkylation sites (N-methyl/N-ethyl adjacent to an activating group) is 1. The maximum Gasteiger partial charge on any atom is 0.178 e. The average molecular weight is 393 g/mol. The van der Waals surface area contributed by atoms with Crippen molar-refractivity contribution in [3.05, 3.63) is 47.9 Å². The lowest BCUT2D eigenvalue weighted by molar-refractivity contribution is 0.302. The van der Waals surface area contributed by atoms with Crippen LogP contribution in [-0.4, -0.2) is 51.0 Å². The molecule has 6 nitrogen and oxygen atoms in total. The molecule has 154 valence electrons. The number of imidazole rings is 1. The summed E-state index contributed by atoms with van der Waals surface area (Å²) in [5, 5.41) is 4.78. The molecule has 1 aromatic carbocycles. The normalized spacial score (nSPS) is 11.4. The Balaban J connectivity index is 0.00000240. The van der Waals surface area contributed by atoms with Gasteiger partial charge in [0, 0.05) is 48.0 Å². The molecular weight excluding hydrogens is 360 g/mol. The molecule has 29 heavy (non-hydrogen) atoms. The van der Waals surface area contributed by atoms with E-state index >= 15 is 0 Å². The molecule has 0 fully saturated rings. The zero-order chi connectivity index (χ0) is 19.5. The van der Waals surface area contributed by atoms with E-state index in [1.165, 1.54) is 10.9 Å². The van der Waals surface area contributed by atoms with E-state index in [0.717, 1.165) is 66.5 Å². The van der Waals surface area contributed by atoms with Gasteiger partial charge in [0.15, 0.2) is 5.65 Å². The van der Waals surface area contributed by atoms with Gasteiger partial charge in [-0.25, -0.2) is 9.97 Å². The molecule has 0 saturated heterocycles. The largest absolute Gasteiger partial charge is 0.354 e. The number of hydrogen-bond donors (Lipinski definition) is 3. The molecule has 0 saturated carbocycles. The van der Waals surface area contributed by atoms with Crippen molar-refractivity contribution in [2.45, 2.75) is 34.7 Å². The van der Waals surface area contributed by atoms with Crippen LogP contribution in [0.15, 0.2) is 36.5 Å². The topological polar surface area (TPSA) is 72.6 Å². The first kappa shape index (κ1) is 21.0. The minimum atomic E-state index is 0. The number of aromatic nitrogens is 4. The van der Waals surface area contributed by atoms with Crippen LogP contribution in [0.4, 0.5) is 0 Å². The number of nitrogens with zero attached hydrogens (tertiary/aromatic N) is 3. The Bertz CT molecular complexity index is 1070. The Morgan fingerprint density at radius 2 is 1.90 bits per heavy atom. The van der Waals surface area contributed by atoms with Crippen LogP contribution in [0.5, 0.6) is 0 Å². The van der Waals surface area contributed by atoms with Crippen molar-refractivity contribution in [2.75, 3.05) is 26.2 Å². The van der Waals surface area contributed by atoms with Crippen LogP contribution in [0.3, 0.4) is 0 Å². The van der Waals surface area contributed by atoms with Gasteiger partial charge < -0.3 is 20.2 Å². The molecule has 0 spiro atoms. The molecule has 0 radical (unpaired) electrons. The third kappa shape index (κ3) is 4.49. The minimum absolute atomic E-state index is 0. The van der Waals surface area contributed by atoms with Crippen molar-refractivity contribution < 1.29 is 0 Å². The van der Waals surface area contributed by atoms with E-state index in [0.29, 0.717) is 0 Å². The molecule has 6 heteroatoms. The number of rotatable bonds is 8. The number of pyridine rings is 1. The summed E-state index contributed by atoms with van der Waals surface area (Å²) >= 11 is 0. The van der Waals surface area contributed by atoms with Gasteiger partial charge in [-0.05, 0) is 49.8 Å². The fraction of sp³-hybridized carbons (Fsp3) is 0.391. The molecule has 0 atom stereocenters. The number of aryl methyl sites for hydroxylation is 1. The SMILES string of the molecule is C.CCN(CC)CCNCc1ccc2[nH]c(-c3ccnc4nc(C)[nH]c34)cc2c1. The highest BCUT2D eigenvalue weighted by Crippen LogP contribution is 2.29. The second kappa shape index (κ2) is 9.20. The highest BCUT2D eigenvalue weighted by atomic mass is 15.1. The zero-order valence-electron chi connectivity index (χ0n) is 16.8. The van der Waals surface area contributed by atoms with Gasteiger partial charge in [0.25, 0.3) is 0 Å². The van der Waals surface area contributed by atoms with Gasteiger partial charge in [0.1, 0.15) is 5.82 Å². The molecule has 0 aliphatic carbocycles. The molecule has 0 amide bonds. The van der Waals surface area contributed by atoms with Gasteiger partial charge in [-0.1, -0.05) is 27.3 Å². The standard InChI is InChI=1S/C22H28N6.CH4/c1-4-28(5-2)11-10-23-14-16-6-7-19-17(12-16)13-20(27-19)18-8-9-24-22-21(18)25-15(3)26-22;/h6-9,12-13,23,27H,4-5,10-11,14H2,1-3H3,(H,24,25,26);1H4. The Hall–Kier alpha value is -2.70. The average Bonchev–Trinajstić information content (AvgIpc) is 3.29. The number of aromatic amines is 2. The maximum atomic E-state index is 4.44. The first-order valence-electron chi connectivity index (χ1n) is 10.0. The first-order valence-corrected chi connectivity index (χ1v) is 10.0. The summed E-state index contributed by atoms with van der Waals surface area (Å²) in [6, 6.07) is 10.8. The van der Waals surface area contributed by atoms with E-state index < -0.39 is 0 Å². The van der Waals surface area contributed by atoms with Gasteiger partial charge in [-0.2, -0.15) is 0 Å². The van der Waals surface area contributed by atoms with Crippen LogP contribution >= 0.6 is 0 Å². The van der Waals surface area contributed by atoms with Gasteiger partial charge in [-0.3, -0.25) is 0 Å². The van der Waals surface area contributed by atoms with Gasteiger partial charge in [0.2, 0.25) is 0 Å². The minimum Gasteiger partial charge on any atom is -0.354 e. The first-order chi connectivity index (χ1) is 13.7. The predicted molar refractivity (Wildman–Crippen MR) is 122 cm³/mol. The van der Waals surface area contributed by atoms with E-state index in [-0.39, 0.29) is 7.43 Å². The molecule has 0 unspecified atom stereocenters. The number of benzene rings is 1.